The van der Waals surface area contributed by atoms with Crippen molar-refractivity contribution in [3.05, 3.63) is 29.6 Å². The highest BCUT2D eigenvalue weighted by Crippen LogP contribution is 2.14. The van der Waals surface area contributed by atoms with Crippen LogP contribution >= 0.6 is 0 Å². The number of hydrogen-bond donors (Lipinski definition) is 2. The number of piperidine rings is 1. The number of nitrogens with zero attached hydrogens (tertiary/aromatic N) is 2. The molecule has 8 nitrogen and oxygen atoms in total. The van der Waals surface area contributed by atoms with Gasteiger partial charge in [0.2, 0.25) is 10.0 Å². The smallest absolute Gasteiger partial charge is 0.354 e. The lowest BCUT2D eigenvalue weighted by molar-refractivity contribution is 0.0690. The predicted molar refractivity (Wildman–Crippen MR) is 78.1 cm³/mol. The molecule has 1 aliphatic rings. The Balaban J connectivity index is 2.05. The van der Waals surface area contributed by atoms with E-state index in [1.807, 2.05) is 0 Å². The zero-order chi connectivity index (χ0) is 16.3. The van der Waals surface area contributed by atoms with Crippen LogP contribution in [0, 0.1) is 0 Å². The second kappa shape index (κ2) is 6.41. The van der Waals surface area contributed by atoms with E-state index in [4.69, 9.17) is 5.11 Å². The molecule has 2 heterocycles. The minimum absolute atomic E-state index is 0.184. The molecular formula is C13H17N3O5S. The first kappa shape index (κ1) is 16.4. The molecule has 0 bridgehead atoms. The Hall–Kier alpha value is -2.00. The van der Waals surface area contributed by atoms with E-state index in [1.54, 1.807) is 0 Å². The fraction of sp³-hybridized carbons (Fsp3) is 0.462. The van der Waals surface area contributed by atoms with Crippen LogP contribution in [0.3, 0.4) is 0 Å². The highest BCUT2D eigenvalue weighted by atomic mass is 32.2. The van der Waals surface area contributed by atoms with Crippen LogP contribution in [-0.2, 0) is 10.0 Å². The molecule has 1 aliphatic heterocycles. The number of nitrogens with one attached hydrogen (secondary N) is 1. The van der Waals surface area contributed by atoms with Crippen LogP contribution in [0.5, 0.6) is 0 Å². The fourth-order valence-corrected chi connectivity index (χ4v) is 3.23. The van der Waals surface area contributed by atoms with Crippen LogP contribution in [0.15, 0.2) is 18.3 Å². The van der Waals surface area contributed by atoms with Crippen LogP contribution in [-0.4, -0.2) is 60.1 Å². The lowest BCUT2D eigenvalue weighted by Gasteiger charge is -2.31. The lowest BCUT2D eigenvalue weighted by Crippen LogP contribution is -2.49. The molecule has 1 aromatic heterocycles. The van der Waals surface area contributed by atoms with Gasteiger partial charge in [-0.1, -0.05) is 0 Å². The topological polar surface area (TPSA) is 117 Å². The van der Waals surface area contributed by atoms with E-state index in [0.29, 0.717) is 19.4 Å². The molecular weight excluding hydrogens is 310 g/mol. The number of carboxylic acids is 1. The minimum atomic E-state index is -3.28. The van der Waals surface area contributed by atoms with Gasteiger partial charge in [0.1, 0.15) is 5.69 Å². The van der Waals surface area contributed by atoms with Crippen molar-refractivity contribution < 1.29 is 23.1 Å². The lowest BCUT2D eigenvalue weighted by atomic mass is 10.1. The summed E-state index contributed by atoms with van der Waals surface area (Å²) in [4.78, 5) is 26.6. The van der Waals surface area contributed by atoms with Crippen molar-refractivity contribution in [1.29, 1.82) is 0 Å². The second-order valence-corrected chi connectivity index (χ2v) is 7.15. The van der Waals surface area contributed by atoms with Gasteiger partial charge in [0.05, 0.1) is 6.26 Å². The number of sulfonamides is 1. The molecule has 1 amide bonds. The van der Waals surface area contributed by atoms with Gasteiger partial charge in [-0.25, -0.2) is 22.5 Å². The number of aromatic carboxylic acids is 1. The molecule has 1 atom stereocenters. The van der Waals surface area contributed by atoms with Gasteiger partial charge in [0.15, 0.2) is 0 Å². The number of carbonyl (C=O) groups excluding carboxylic acids is 1. The Morgan fingerprint density at radius 3 is 2.82 bits per heavy atom. The van der Waals surface area contributed by atoms with Crippen LogP contribution < -0.4 is 5.32 Å². The van der Waals surface area contributed by atoms with Crippen molar-refractivity contribution >= 4 is 21.9 Å². The Morgan fingerprint density at radius 2 is 2.18 bits per heavy atom. The molecule has 0 spiro atoms. The molecule has 0 aliphatic carbocycles. The van der Waals surface area contributed by atoms with E-state index >= 15 is 0 Å². The molecule has 120 valence electrons. The molecule has 1 fully saturated rings. The van der Waals surface area contributed by atoms with Crippen LogP contribution in [0.2, 0.25) is 0 Å². The fourth-order valence-electron chi connectivity index (χ4n) is 2.32. The van der Waals surface area contributed by atoms with Gasteiger partial charge in [-0.3, -0.25) is 4.79 Å². The summed E-state index contributed by atoms with van der Waals surface area (Å²) in [6.45, 7) is 0.672. The average Bonchev–Trinajstić information content (AvgIpc) is 2.46. The maximum Gasteiger partial charge on any atom is 0.354 e. The molecule has 0 saturated carbocycles. The van der Waals surface area contributed by atoms with Gasteiger partial charge in [-0.05, 0) is 25.0 Å². The number of rotatable bonds is 4. The third-order valence-corrected chi connectivity index (χ3v) is 4.70. The standard InChI is InChI=1S/C13H17N3O5S/c1-22(20,21)16-6-2-3-10(8-16)15-12(17)9-4-5-14-11(7-9)13(18)19/h4-5,7,10H,2-3,6,8H2,1H3,(H,15,17)(H,18,19). The third-order valence-electron chi connectivity index (χ3n) is 3.43. The van der Waals surface area contributed by atoms with Gasteiger partial charge in [-0.15, -0.1) is 0 Å². The van der Waals surface area contributed by atoms with Gasteiger partial charge in [-0.2, -0.15) is 0 Å². The summed E-state index contributed by atoms with van der Waals surface area (Å²) in [5.41, 5.74) is -0.0297. The van der Waals surface area contributed by atoms with Gasteiger partial charge < -0.3 is 10.4 Å². The van der Waals surface area contributed by atoms with E-state index in [-0.39, 0.29) is 23.8 Å². The SMILES string of the molecule is CS(=O)(=O)N1CCCC(NC(=O)c2ccnc(C(=O)O)c2)C1. The maximum atomic E-state index is 12.1. The highest BCUT2D eigenvalue weighted by Gasteiger charge is 2.27. The molecule has 2 rings (SSSR count). The minimum Gasteiger partial charge on any atom is -0.477 e. The summed E-state index contributed by atoms with van der Waals surface area (Å²) in [5.74, 6) is -1.65. The van der Waals surface area contributed by atoms with Gasteiger partial charge in [0.25, 0.3) is 5.91 Å². The Bertz CT molecular complexity index is 689. The van der Waals surface area contributed by atoms with Crippen molar-refractivity contribution in [3.63, 3.8) is 0 Å². The number of pyridine rings is 1. The van der Waals surface area contributed by atoms with E-state index in [1.165, 1.54) is 22.6 Å². The molecule has 2 N–H and O–H groups in total. The Labute approximate surface area is 128 Å². The van der Waals surface area contributed by atoms with Crippen molar-refractivity contribution in [2.24, 2.45) is 0 Å². The summed E-state index contributed by atoms with van der Waals surface area (Å²) in [7, 11) is -3.28. The first-order valence-corrected chi connectivity index (χ1v) is 8.57. The molecule has 1 saturated heterocycles. The first-order chi connectivity index (χ1) is 10.3. The molecule has 1 aromatic rings. The zero-order valence-corrected chi connectivity index (χ0v) is 12.8. The summed E-state index contributed by atoms with van der Waals surface area (Å²) >= 11 is 0. The molecule has 0 aromatic carbocycles. The third kappa shape index (κ3) is 4.01. The Morgan fingerprint density at radius 1 is 1.45 bits per heavy atom. The summed E-state index contributed by atoms with van der Waals surface area (Å²) in [6.07, 6.45) is 3.73. The molecule has 22 heavy (non-hydrogen) atoms. The summed E-state index contributed by atoms with van der Waals surface area (Å²) < 4.78 is 24.4. The zero-order valence-electron chi connectivity index (χ0n) is 12.0. The number of hydrogen-bond acceptors (Lipinski definition) is 5. The first-order valence-electron chi connectivity index (χ1n) is 6.72. The summed E-state index contributed by atoms with van der Waals surface area (Å²) in [6, 6.07) is 2.31. The van der Waals surface area contributed by atoms with Crippen molar-refractivity contribution in [1.82, 2.24) is 14.6 Å². The largest absolute Gasteiger partial charge is 0.477 e. The number of carboxylic acid groups (broad SMARTS) is 1. The van der Waals surface area contributed by atoms with Gasteiger partial charge in [0, 0.05) is 30.9 Å². The van der Waals surface area contributed by atoms with Crippen molar-refractivity contribution in [2.45, 2.75) is 18.9 Å². The van der Waals surface area contributed by atoms with E-state index < -0.39 is 21.9 Å². The van der Waals surface area contributed by atoms with Crippen LogP contribution in [0.25, 0.3) is 0 Å². The highest BCUT2D eigenvalue weighted by molar-refractivity contribution is 7.88. The normalized spacial score (nSPS) is 19.6. The molecule has 0 radical (unpaired) electrons. The second-order valence-electron chi connectivity index (χ2n) is 5.17. The van der Waals surface area contributed by atoms with E-state index in [0.717, 1.165) is 6.26 Å². The maximum absolute atomic E-state index is 12.1. The number of amides is 1. The number of aromatic nitrogens is 1. The number of carbonyl (C=O) groups is 2. The summed E-state index contributed by atoms with van der Waals surface area (Å²) in [5, 5.41) is 11.6. The van der Waals surface area contributed by atoms with Crippen LogP contribution in [0.4, 0.5) is 0 Å². The molecule has 9 heteroatoms. The van der Waals surface area contributed by atoms with Crippen LogP contribution in [0.1, 0.15) is 33.7 Å². The van der Waals surface area contributed by atoms with Crippen molar-refractivity contribution in [3.8, 4) is 0 Å². The predicted octanol–water partition coefficient (Wildman–Crippen LogP) is -0.0664. The van der Waals surface area contributed by atoms with E-state index in [2.05, 4.69) is 10.3 Å². The van der Waals surface area contributed by atoms with Crippen molar-refractivity contribution in [2.75, 3.05) is 19.3 Å². The average molecular weight is 327 g/mol. The van der Waals surface area contributed by atoms with Gasteiger partial charge >= 0.3 is 5.97 Å². The quantitative estimate of drug-likeness (QED) is 0.800. The van der Waals surface area contributed by atoms with E-state index in [9.17, 15) is 18.0 Å². The molecule has 1 unspecified atom stereocenters. The Kier molecular flexibility index (Phi) is 4.77. The monoisotopic (exact) mass is 327 g/mol.